The van der Waals surface area contributed by atoms with Crippen LogP contribution in [-0.4, -0.2) is 42.5 Å². The number of carbonyl (C=O) groups is 1. The summed E-state index contributed by atoms with van der Waals surface area (Å²) in [7, 11) is 0. The molecule has 0 unspecified atom stereocenters. The number of nitrogens with one attached hydrogen (secondary N) is 1. The highest BCUT2D eigenvalue weighted by atomic mass is 16.1. The van der Waals surface area contributed by atoms with Gasteiger partial charge in [-0.3, -0.25) is 9.69 Å². The number of rotatable bonds is 5. The molecule has 2 fully saturated rings. The van der Waals surface area contributed by atoms with Crippen LogP contribution in [0.25, 0.3) is 0 Å². The number of likely N-dealkylation sites (tertiary alicyclic amines) is 1. The van der Waals surface area contributed by atoms with Crippen molar-refractivity contribution in [3.05, 3.63) is 35.9 Å². The zero-order valence-electron chi connectivity index (χ0n) is 14.3. The van der Waals surface area contributed by atoms with Gasteiger partial charge in [-0.25, -0.2) is 0 Å². The standard InChI is InChI=1S/C19H29N3O/c1-19(2)16(14-6-4-3-5-7-14)12-17(19)21-15-8-10-22(11-9-15)13-18(20)23/h3-7,15-17,21H,8-13H2,1-2H3,(H2,20,23)/t16-,17+/m1/s1. The van der Waals surface area contributed by atoms with Crippen LogP contribution in [0.3, 0.4) is 0 Å². The lowest BCUT2D eigenvalue weighted by Crippen LogP contribution is -2.59. The second kappa shape index (κ2) is 6.62. The van der Waals surface area contributed by atoms with Gasteiger partial charge in [0, 0.05) is 25.2 Å². The molecule has 0 radical (unpaired) electrons. The summed E-state index contributed by atoms with van der Waals surface area (Å²) in [5.74, 6) is 0.429. The number of primary amides is 1. The fraction of sp³-hybridized carbons (Fsp3) is 0.632. The second-order valence-electron chi connectivity index (χ2n) is 7.76. The Morgan fingerprint density at radius 2 is 1.91 bits per heavy atom. The van der Waals surface area contributed by atoms with Gasteiger partial charge >= 0.3 is 0 Å². The largest absolute Gasteiger partial charge is 0.369 e. The van der Waals surface area contributed by atoms with Gasteiger partial charge in [0.2, 0.25) is 5.91 Å². The summed E-state index contributed by atoms with van der Waals surface area (Å²) in [6, 6.07) is 12.0. The molecular formula is C19H29N3O. The average Bonchev–Trinajstić information content (AvgIpc) is 2.53. The summed E-state index contributed by atoms with van der Waals surface area (Å²) in [5.41, 5.74) is 7.04. The molecular weight excluding hydrogens is 286 g/mol. The first kappa shape index (κ1) is 16.5. The van der Waals surface area contributed by atoms with E-state index in [2.05, 4.69) is 54.4 Å². The molecule has 23 heavy (non-hydrogen) atoms. The number of nitrogens with zero attached hydrogens (tertiary/aromatic N) is 1. The quantitative estimate of drug-likeness (QED) is 0.875. The highest BCUT2D eigenvalue weighted by Crippen LogP contribution is 2.52. The average molecular weight is 315 g/mol. The van der Waals surface area contributed by atoms with Crippen molar-refractivity contribution in [1.29, 1.82) is 0 Å². The van der Waals surface area contributed by atoms with E-state index in [0.717, 1.165) is 25.9 Å². The molecule has 1 saturated heterocycles. The summed E-state index contributed by atoms with van der Waals surface area (Å²) in [5, 5.41) is 3.88. The summed E-state index contributed by atoms with van der Waals surface area (Å²) < 4.78 is 0. The SMILES string of the molecule is CC1(C)[C@@H](NC2CCN(CC(N)=O)CC2)C[C@@H]1c1ccccc1. The van der Waals surface area contributed by atoms with Gasteiger partial charge in [-0.2, -0.15) is 0 Å². The predicted molar refractivity (Wildman–Crippen MR) is 93.2 cm³/mol. The summed E-state index contributed by atoms with van der Waals surface area (Å²) in [6.07, 6.45) is 3.43. The van der Waals surface area contributed by atoms with E-state index in [0.29, 0.717) is 30.0 Å². The molecule has 3 N–H and O–H groups in total. The third kappa shape index (κ3) is 3.59. The molecule has 2 atom stereocenters. The van der Waals surface area contributed by atoms with Crippen LogP contribution in [0, 0.1) is 5.41 Å². The second-order valence-corrected chi connectivity index (χ2v) is 7.76. The molecule has 1 aromatic carbocycles. The van der Waals surface area contributed by atoms with Crippen molar-refractivity contribution in [2.45, 2.75) is 51.1 Å². The van der Waals surface area contributed by atoms with Crippen LogP contribution in [0.15, 0.2) is 30.3 Å². The Morgan fingerprint density at radius 1 is 1.26 bits per heavy atom. The van der Waals surface area contributed by atoms with Gasteiger partial charge in [-0.05, 0) is 36.2 Å². The Hall–Kier alpha value is -1.39. The highest BCUT2D eigenvalue weighted by Gasteiger charge is 2.49. The van der Waals surface area contributed by atoms with Crippen molar-refractivity contribution < 1.29 is 4.79 Å². The number of hydrogen-bond donors (Lipinski definition) is 2. The number of amides is 1. The van der Waals surface area contributed by atoms with Crippen LogP contribution >= 0.6 is 0 Å². The first-order chi connectivity index (χ1) is 11.0. The Balaban J connectivity index is 1.50. The van der Waals surface area contributed by atoms with E-state index in [1.165, 1.54) is 12.0 Å². The van der Waals surface area contributed by atoms with Crippen LogP contribution in [0.5, 0.6) is 0 Å². The molecule has 1 amide bonds. The molecule has 4 nitrogen and oxygen atoms in total. The molecule has 0 spiro atoms. The number of piperidine rings is 1. The minimum Gasteiger partial charge on any atom is -0.369 e. The van der Waals surface area contributed by atoms with Crippen LogP contribution in [0.4, 0.5) is 0 Å². The smallest absolute Gasteiger partial charge is 0.231 e. The summed E-state index contributed by atoms with van der Waals surface area (Å²) >= 11 is 0. The maximum atomic E-state index is 11.0. The first-order valence-corrected chi connectivity index (χ1v) is 8.78. The minimum atomic E-state index is -0.220. The highest BCUT2D eigenvalue weighted by molar-refractivity contribution is 5.75. The molecule has 1 aliphatic heterocycles. The molecule has 1 saturated carbocycles. The fourth-order valence-electron chi connectivity index (χ4n) is 4.22. The molecule has 2 aliphatic rings. The Labute approximate surface area is 139 Å². The molecule has 0 bridgehead atoms. The van der Waals surface area contributed by atoms with E-state index >= 15 is 0 Å². The normalized spacial score (nSPS) is 28.3. The topological polar surface area (TPSA) is 58.4 Å². The summed E-state index contributed by atoms with van der Waals surface area (Å²) in [4.78, 5) is 13.2. The van der Waals surface area contributed by atoms with E-state index in [1.54, 1.807) is 0 Å². The lowest BCUT2D eigenvalue weighted by molar-refractivity contribution is -0.119. The van der Waals surface area contributed by atoms with Crippen molar-refractivity contribution in [2.24, 2.45) is 11.1 Å². The first-order valence-electron chi connectivity index (χ1n) is 8.78. The van der Waals surface area contributed by atoms with Gasteiger partial charge in [-0.1, -0.05) is 44.2 Å². The van der Waals surface area contributed by atoms with Gasteiger partial charge in [0.05, 0.1) is 6.54 Å². The molecule has 0 aromatic heterocycles. The van der Waals surface area contributed by atoms with Gasteiger partial charge in [-0.15, -0.1) is 0 Å². The maximum absolute atomic E-state index is 11.0. The van der Waals surface area contributed by atoms with Crippen molar-refractivity contribution in [3.63, 3.8) is 0 Å². The van der Waals surface area contributed by atoms with Crippen LogP contribution in [0.1, 0.15) is 44.6 Å². The van der Waals surface area contributed by atoms with E-state index < -0.39 is 0 Å². The van der Waals surface area contributed by atoms with Crippen LogP contribution < -0.4 is 11.1 Å². The lowest BCUT2D eigenvalue weighted by atomic mass is 9.56. The third-order valence-electron chi connectivity index (χ3n) is 5.87. The minimum absolute atomic E-state index is 0.220. The molecule has 3 rings (SSSR count). The van der Waals surface area contributed by atoms with Gasteiger partial charge in [0.15, 0.2) is 0 Å². The zero-order chi connectivity index (χ0) is 16.4. The van der Waals surface area contributed by atoms with Crippen LogP contribution in [-0.2, 0) is 4.79 Å². The van der Waals surface area contributed by atoms with Gasteiger partial charge < -0.3 is 11.1 Å². The lowest BCUT2D eigenvalue weighted by Gasteiger charge is -2.54. The van der Waals surface area contributed by atoms with Crippen molar-refractivity contribution in [1.82, 2.24) is 10.2 Å². The molecule has 4 heteroatoms. The predicted octanol–water partition coefficient (Wildman–Crippen LogP) is 2.11. The van der Waals surface area contributed by atoms with Crippen LogP contribution in [0.2, 0.25) is 0 Å². The number of hydrogen-bond acceptors (Lipinski definition) is 3. The van der Waals surface area contributed by atoms with Crippen molar-refractivity contribution in [2.75, 3.05) is 19.6 Å². The number of benzene rings is 1. The number of nitrogens with two attached hydrogens (primary N) is 1. The van der Waals surface area contributed by atoms with E-state index in [1.807, 2.05) is 0 Å². The van der Waals surface area contributed by atoms with Crippen molar-refractivity contribution in [3.8, 4) is 0 Å². The van der Waals surface area contributed by atoms with E-state index in [4.69, 9.17) is 5.73 Å². The van der Waals surface area contributed by atoms with E-state index in [9.17, 15) is 4.79 Å². The molecule has 1 aliphatic carbocycles. The third-order valence-corrected chi connectivity index (χ3v) is 5.87. The Bertz CT molecular complexity index is 535. The molecule has 1 aromatic rings. The monoisotopic (exact) mass is 315 g/mol. The molecule has 1 heterocycles. The summed E-state index contributed by atoms with van der Waals surface area (Å²) in [6.45, 7) is 7.10. The molecule has 126 valence electrons. The maximum Gasteiger partial charge on any atom is 0.231 e. The fourth-order valence-corrected chi connectivity index (χ4v) is 4.22. The Kier molecular flexibility index (Phi) is 4.74. The van der Waals surface area contributed by atoms with E-state index in [-0.39, 0.29) is 5.91 Å². The van der Waals surface area contributed by atoms with Gasteiger partial charge in [0.1, 0.15) is 0 Å². The Morgan fingerprint density at radius 3 is 2.48 bits per heavy atom. The van der Waals surface area contributed by atoms with Gasteiger partial charge in [0.25, 0.3) is 0 Å². The van der Waals surface area contributed by atoms with Crippen molar-refractivity contribution >= 4 is 5.91 Å². The zero-order valence-corrected chi connectivity index (χ0v) is 14.3. The number of carbonyl (C=O) groups excluding carboxylic acids is 1.